The maximum Gasteiger partial charge on any atom is 0.314 e. The molecule has 0 aromatic rings. The summed E-state index contributed by atoms with van der Waals surface area (Å²) in [5.74, 6) is -0.872. The van der Waals surface area contributed by atoms with Gasteiger partial charge < -0.3 is 20.5 Å². The van der Waals surface area contributed by atoms with Crippen molar-refractivity contribution in [2.45, 2.75) is 34.1 Å². The highest BCUT2D eigenvalue weighted by Gasteiger charge is 2.21. The number of carbonyl (C=O) groups excluding carboxylic acids is 1. The minimum Gasteiger partial charge on any atom is -0.481 e. The fourth-order valence-electron chi connectivity index (χ4n) is 1.53. The van der Waals surface area contributed by atoms with Gasteiger partial charge in [0.25, 0.3) is 0 Å². The number of hydrogen-bond donors (Lipinski definition) is 3. The fourth-order valence-corrected chi connectivity index (χ4v) is 1.53. The van der Waals surface area contributed by atoms with Gasteiger partial charge in [-0.3, -0.25) is 4.79 Å². The molecule has 6 heteroatoms. The Morgan fingerprint density at radius 3 is 2.25 bits per heavy atom. The first-order valence-corrected chi connectivity index (χ1v) is 7.16. The summed E-state index contributed by atoms with van der Waals surface area (Å²) in [7, 11) is 0. The monoisotopic (exact) mass is 288 g/mol. The maximum absolute atomic E-state index is 11.5. The van der Waals surface area contributed by atoms with Crippen LogP contribution in [0.4, 0.5) is 4.79 Å². The van der Waals surface area contributed by atoms with Gasteiger partial charge >= 0.3 is 12.0 Å². The number of nitrogens with one attached hydrogen (secondary N) is 2. The van der Waals surface area contributed by atoms with E-state index in [4.69, 9.17) is 9.84 Å². The summed E-state index contributed by atoms with van der Waals surface area (Å²) in [6.45, 7) is 9.60. The number of aliphatic carboxylic acids is 1. The molecule has 0 fully saturated rings. The average molecular weight is 288 g/mol. The molecular weight excluding hydrogens is 260 g/mol. The molecule has 1 unspecified atom stereocenters. The van der Waals surface area contributed by atoms with Gasteiger partial charge in [0.05, 0.1) is 12.5 Å². The van der Waals surface area contributed by atoms with E-state index in [0.717, 1.165) is 6.42 Å². The molecule has 0 aliphatic carbocycles. The van der Waals surface area contributed by atoms with E-state index in [1.54, 1.807) is 0 Å². The van der Waals surface area contributed by atoms with E-state index in [1.807, 2.05) is 13.8 Å². The molecule has 0 aliphatic heterocycles. The number of carboxylic acid groups (broad SMARTS) is 1. The van der Waals surface area contributed by atoms with E-state index in [9.17, 15) is 9.59 Å². The van der Waals surface area contributed by atoms with Crippen LogP contribution in [0.2, 0.25) is 0 Å². The predicted octanol–water partition coefficient (Wildman–Crippen LogP) is 1.71. The Morgan fingerprint density at radius 1 is 1.10 bits per heavy atom. The van der Waals surface area contributed by atoms with Crippen LogP contribution in [-0.2, 0) is 9.53 Å². The Bertz CT molecular complexity index is 293. The zero-order valence-electron chi connectivity index (χ0n) is 12.9. The Morgan fingerprint density at radius 2 is 1.75 bits per heavy atom. The topological polar surface area (TPSA) is 87.7 Å². The molecule has 2 amide bonds. The van der Waals surface area contributed by atoms with Gasteiger partial charge in [0.15, 0.2) is 0 Å². The molecule has 0 aromatic carbocycles. The minimum absolute atomic E-state index is 0.0211. The average Bonchev–Trinajstić information content (AvgIpc) is 2.32. The fraction of sp³-hybridized carbons (Fsp3) is 0.857. The summed E-state index contributed by atoms with van der Waals surface area (Å²) in [5, 5.41) is 14.2. The second-order valence-electron chi connectivity index (χ2n) is 5.62. The summed E-state index contributed by atoms with van der Waals surface area (Å²) in [6, 6.07) is -0.357. The smallest absolute Gasteiger partial charge is 0.314 e. The second-order valence-corrected chi connectivity index (χ2v) is 5.62. The van der Waals surface area contributed by atoms with Crippen molar-refractivity contribution in [1.82, 2.24) is 10.6 Å². The molecular formula is C14H28N2O4. The van der Waals surface area contributed by atoms with Crippen LogP contribution in [0.3, 0.4) is 0 Å². The van der Waals surface area contributed by atoms with E-state index in [-0.39, 0.29) is 18.5 Å². The number of carbonyl (C=O) groups is 2. The van der Waals surface area contributed by atoms with Gasteiger partial charge in [0.1, 0.15) is 0 Å². The van der Waals surface area contributed by atoms with Crippen LogP contribution in [0.15, 0.2) is 0 Å². The lowest BCUT2D eigenvalue weighted by Crippen LogP contribution is -2.42. The normalized spacial score (nSPS) is 12.5. The maximum atomic E-state index is 11.5. The molecule has 0 aromatic heterocycles. The van der Waals surface area contributed by atoms with Crippen LogP contribution in [-0.4, -0.2) is 43.4 Å². The quantitative estimate of drug-likeness (QED) is 0.534. The number of hydrogen-bond acceptors (Lipinski definition) is 3. The molecule has 1 atom stereocenters. The number of urea groups is 1. The van der Waals surface area contributed by atoms with Crippen LogP contribution in [0, 0.1) is 17.8 Å². The lowest BCUT2D eigenvalue weighted by Gasteiger charge is -2.17. The van der Waals surface area contributed by atoms with Gasteiger partial charge in [0, 0.05) is 19.7 Å². The summed E-state index contributed by atoms with van der Waals surface area (Å²) in [6.07, 6.45) is 1.00. The van der Waals surface area contributed by atoms with E-state index < -0.39 is 11.9 Å². The SMILES string of the molecule is CC(C)CCOCCNC(=O)NCC(C(=O)O)C(C)C. The molecule has 0 saturated heterocycles. The van der Waals surface area contributed by atoms with Crippen LogP contribution < -0.4 is 10.6 Å². The van der Waals surface area contributed by atoms with Gasteiger partial charge in [0.2, 0.25) is 0 Å². The molecule has 6 nitrogen and oxygen atoms in total. The Labute approximate surface area is 121 Å². The van der Waals surface area contributed by atoms with Crippen molar-refractivity contribution in [1.29, 1.82) is 0 Å². The molecule has 118 valence electrons. The van der Waals surface area contributed by atoms with Crippen molar-refractivity contribution < 1.29 is 19.4 Å². The lowest BCUT2D eigenvalue weighted by atomic mass is 9.96. The van der Waals surface area contributed by atoms with Crippen molar-refractivity contribution in [2.24, 2.45) is 17.8 Å². The molecule has 0 rings (SSSR count). The molecule has 0 spiro atoms. The predicted molar refractivity (Wildman–Crippen MR) is 77.6 cm³/mol. The van der Waals surface area contributed by atoms with E-state index in [2.05, 4.69) is 24.5 Å². The zero-order valence-corrected chi connectivity index (χ0v) is 12.9. The van der Waals surface area contributed by atoms with Crippen molar-refractivity contribution in [2.75, 3.05) is 26.3 Å². The van der Waals surface area contributed by atoms with Crippen molar-refractivity contribution in [3.05, 3.63) is 0 Å². The van der Waals surface area contributed by atoms with Gasteiger partial charge in [-0.15, -0.1) is 0 Å². The first-order valence-electron chi connectivity index (χ1n) is 7.16. The number of carboxylic acids is 1. The second kappa shape index (κ2) is 10.5. The van der Waals surface area contributed by atoms with Crippen molar-refractivity contribution in [3.63, 3.8) is 0 Å². The third-order valence-corrected chi connectivity index (χ3v) is 2.98. The largest absolute Gasteiger partial charge is 0.481 e. The van der Waals surface area contributed by atoms with Gasteiger partial charge in [-0.2, -0.15) is 0 Å². The molecule has 0 radical (unpaired) electrons. The highest BCUT2D eigenvalue weighted by atomic mass is 16.5. The zero-order chi connectivity index (χ0) is 15.5. The van der Waals surface area contributed by atoms with Crippen LogP contribution >= 0.6 is 0 Å². The minimum atomic E-state index is -0.891. The Kier molecular flexibility index (Phi) is 9.80. The summed E-state index contributed by atoms with van der Waals surface area (Å²) in [4.78, 5) is 22.4. The Hall–Kier alpha value is -1.30. The van der Waals surface area contributed by atoms with Crippen molar-refractivity contribution >= 4 is 12.0 Å². The van der Waals surface area contributed by atoms with Gasteiger partial charge in [-0.1, -0.05) is 27.7 Å². The molecule has 20 heavy (non-hydrogen) atoms. The van der Waals surface area contributed by atoms with Crippen LogP contribution in [0.25, 0.3) is 0 Å². The number of amides is 2. The van der Waals surface area contributed by atoms with E-state index >= 15 is 0 Å². The van der Waals surface area contributed by atoms with Gasteiger partial charge in [-0.05, 0) is 18.3 Å². The molecule has 3 N–H and O–H groups in total. The molecule has 0 heterocycles. The number of ether oxygens (including phenoxy) is 1. The highest BCUT2D eigenvalue weighted by Crippen LogP contribution is 2.09. The highest BCUT2D eigenvalue weighted by molar-refractivity contribution is 5.75. The summed E-state index contributed by atoms with van der Waals surface area (Å²) in [5.41, 5.74) is 0. The van der Waals surface area contributed by atoms with Crippen LogP contribution in [0.1, 0.15) is 34.1 Å². The third kappa shape index (κ3) is 9.61. The van der Waals surface area contributed by atoms with Crippen molar-refractivity contribution in [3.8, 4) is 0 Å². The summed E-state index contributed by atoms with van der Waals surface area (Å²) >= 11 is 0. The number of rotatable bonds is 10. The van der Waals surface area contributed by atoms with Gasteiger partial charge in [-0.25, -0.2) is 4.79 Å². The summed E-state index contributed by atoms with van der Waals surface area (Å²) < 4.78 is 5.36. The van der Waals surface area contributed by atoms with E-state index in [1.165, 1.54) is 0 Å². The molecule has 0 bridgehead atoms. The molecule has 0 aliphatic rings. The van der Waals surface area contributed by atoms with E-state index in [0.29, 0.717) is 25.7 Å². The first kappa shape index (κ1) is 18.7. The Balaban J connectivity index is 3.66. The molecule has 0 saturated carbocycles. The standard InChI is InChI=1S/C14H28N2O4/c1-10(2)5-7-20-8-6-15-14(19)16-9-12(11(3)4)13(17)18/h10-12H,5-9H2,1-4H3,(H,17,18)(H2,15,16,19). The first-order chi connectivity index (χ1) is 9.34. The van der Waals surface area contributed by atoms with Crippen LogP contribution in [0.5, 0.6) is 0 Å². The lowest BCUT2D eigenvalue weighted by molar-refractivity contribution is -0.142. The third-order valence-electron chi connectivity index (χ3n) is 2.98.